The van der Waals surface area contributed by atoms with Gasteiger partial charge in [0.05, 0.1) is 7.11 Å². The third kappa shape index (κ3) is 4.65. The van der Waals surface area contributed by atoms with Crippen molar-refractivity contribution in [3.05, 3.63) is 53.1 Å². The number of benzene rings is 2. The molecule has 30 heavy (non-hydrogen) atoms. The molecule has 2 aromatic rings. The third-order valence-electron chi connectivity index (χ3n) is 6.34. The molecule has 0 bridgehead atoms. The van der Waals surface area contributed by atoms with Gasteiger partial charge in [-0.15, -0.1) is 0 Å². The molecule has 1 N–H and O–H groups in total. The molecule has 162 valence electrons. The number of aryl methyl sites for hydroxylation is 2. The van der Waals surface area contributed by atoms with Crippen LogP contribution in [0.1, 0.15) is 49.3 Å². The summed E-state index contributed by atoms with van der Waals surface area (Å²) in [5.41, 5.74) is 4.50. The van der Waals surface area contributed by atoms with Crippen LogP contribution in [0.5, 0.6) is 5.75 Å². The summed E-state index contributed by atoms with van der Waals surface area (Å²) >= 11 is 0. The molecule has 0 saturated carbocycles. The van der Waals surface area contributed by atoms with Crippen molar-refractivity contribution in [1.82, 2.24) is 4.72 Å². The van der Waals surface area contributed by atoms with Gasteiger partial charge in [0.25, 0.3) is 0 Å². The van der Waals surface area contributed by atoms with Crippen LogP contribution in [-0.2, 0) is 29.4 Å². The number of methoxy groups -OCH3 is 1. The molecule has 1 heterocycles. The molecule has 2 aromatic carbocycles. The highest BCUT2D eigenvalue weighted by molar-refractivity contribution is 7.89. The van der Waals surface area contributed by atoms with E-state index in [4.69, 9.17) is 4.74 Å². The first kappa shape index (κ1) is 21.2. The Balaban J connectivity index is 1.46. The lowest BCUT2D eigenvalue weighted by atomic mass is 9.92. The Morgan fingerprint density at radius 2 is 1.77 bits per heavy atom. The summed E-state index contributed by atoms with van der Waals surface area (Å²) in [7, 11) is -2.13. The minimum Gasteiger partial charge on any atom is -0.495 e. The summed E-state index contributed by atoms with van der Waals surface area (Å²) in [6.07, 6.45) is 6.69. The summed E-state index contributed by atoms with van der Waals surface area (Å²) < 4.78 is 34.2. The lowest BCUT2D eigenvalue weighted by molar-refractivity contribution is 0.401. The van der Waals surface area contributed by atoms with Crippen molar-refractivity contribution in [1.29, 1.82) is 0 Å². The van der Waals surface area contributed by atoms with Crippen LogP contribution in [0.3, 0.4) is 0 Å². The van der Waals surface area contributed by atoms with Gasteiger partial charge in [0, 0.05) is 25.3 Å². The van der Waals surface area contributed by atoms with E-state index in [0.717, 1.165) is 55.8 Å². The molecule has 0 aromatic heterocycles. The molecule has 5 nitrogen and oxygen atoms in total. The second-order valence-electron chi connectivity index (χ2n) is 8.66. The zero-order valence-corrected chi connectivity index (χ0v) is 18.8. The Kier molecular flexibility index (Phi) is 6.34. The number of nitrogens with one attached hydrogen (secondary N) is 1. The molecule has 4 rings (SSSR count). The number of sulfonamides is 1. The van der Waals surface area contributed by atoms with E-state index < -0.39 is 10.0 Å². The van der Waals surface area contributed by atoms with Gasteiger partial charge >= 0.3 is 0 Å². The summed E-state index contributed by atoms with van der Waals surface area (Å²) in [6.45, 7) is 4.74. The highest BCUT2D eigenvalue weighted by Crippen LogP contribution is 2.32. The van der Waals surface area contributed by atoms with Gasteiger partial charge in [-0.25, -0.2) is 13.1 Å². The Labute approximate surface area is 180 Å². The zero-order valence-electron chi connectivity index (χ0n) is 18.0. The molecule has 6 heteroatoms. The molecular weight excluding hydrogens is 396 g/mol. The summed E-state index contributed by atoms with van der Waals surface area (Å²) in [5.74, 6) is 1.15. The second-order valence-corrected chi connectivity index (χ2v) is 10.4. The lowest BCUT2D eigenvalue weighted by Crippen LogP contribution is -2.34. The minimum absolute atomic E-state index is 0.240. The Bertz CT molecular complexity index is 986. The molecule has 2 aliphatic rings. The van der Waals surface area contributed by atoms with Crippen LogP contribution < -0.4 is 14.4 Å². The van der Waals surface area contributed by atoms with E-state index in [1.165, 1.54) is 31.2 Å². The molecular formula is C24H32N2O3S. The Morgan fingerprint density at radius 1 is 1.07 bits per heavy atom. The van der Waals surface area contributed by atoms with Gasteiger partial charge in [0.1, 0.15) is 10.6 Å². The van der Waals surface area contributed by atoms with Crippen molar-refractivity contribution in [3.63, 3.8) is 0 Å². The van der Waals surface area contributed by atoms with Crippen molar-refractivity contribution >= 4 is 15.7 Å². The molecule has 0 amide bonds. The highest BCUT2D eigenvalue weighted by atomic mass is 32.2. The average molecular weight is 429 g/mol. The summed E-state index contributed by atoms with van der Waals surface area (Å²) in [4.78, 5) is 2.66. The number of ether oxygens (including phenoxy) is 1. The minimum atomic E-state index is -3.66. The fourth-order valence-corrected chi connectivity index (χ4v) is 5.83. The number of anilines is 1. The lowest BCUT2D eigenvalue weighted by Gasteiger charge is -2.32. The van der Waals surface area contributed by atoms with Crippen LogP contribution in [0.25, 0.3) is 0 Å². The summed E-state index contributed by atoms with van der Waals surface area (Å²) in [6, 6.07) is 11.9. The van der Waals surface area contributed by atoms with Crippen molar-refractivity contribution in [2.75, 3.05) is 25.1 Å². The van der Waals surface area contributed by atoms with Crippen LogP contribution in [-0.4, -0.2) is 28.6 Å². The molecule has 1 unspecified atom stereocenters. The molecule has 0 radical (unpaired) electrons. The van der Waals surface area contributed by atoms with Crippen molar-refractivity contribution in [2.45, 2.75) is 56.9 Å². The smallest absolute Gasteiger partial charge is 0.244 e. The molecule has 1 saturated heterocycles. The average Bonchev–Trinajstić information content (AvgIpc) is 2.77. The van der Waals surface area contributed by atoms with Gasteiger partial charge in [-0.3, -0.25) is 0 Å². The highest BCUT2D eigenvalue weighted by Gasteiger charge is 2.23. The second kappa shape index (κ2) is 8.98. The van der Waals surface area contributed by atoms with Crippen molar-refractivity contribution in [3.8, 4) is 5.75 Å². The van der Waals surface area contributed by atoms with Crippen LogP contribution in [0.2, 0.25) is 0 Å². The molecule has 0 spiro atoms. The number of fused-ring (bicyclic) bond motifs is 1. The Morgan fingerprint density at radius 3 is 2.43 bits per heavy atom. The number of hydrogen-bond acceptors (Lipinski definition) is 4. The van der Waals surface area contributed by atoms with E-state index in [0.29, 0.717) is 5.75 Å². The molecule has 1 aliphatic heterocycles. The van der Waals surface area contributed by atoms with Crippen LogP contribution >= 0.6 is 0 Å². The maximum Gasteiger partial charge on any atom is 0.244 e. The molecule has 1 fully saturated rings. The quantitative estimate of drug-likeness (QED) is 0.746. The monoisotopic (exact) mass is 428 g/mol. The predicted octanol–water partition coefficient (Wildman–Crippen LogP) is 4.29. The maximum atomic E-state index is 13.0. The number of rotatable bonds is 6. The van der Waals surface area contributed by atoms with Gasteiger partial charge < -0.3 is 9.64 Å². The molecule has 1 aliphatic carbocycles. The largest absolute Gasteiger partial charge is 0.495 e. The zero-order chi connectivity index (χ0) is 21.1. The maximum absolute atomic E-state index is 13.0. The van der Waals surface area contributed by atoms with E-state index in [1.54, 1.807) is 6.07 Å². The van der Waals surface area contributed by atoms with Crippen LogP contribution in [0.4, 0.5) is 5.69 Å². The fraction of sp³-hybridized carbons (Fsp3) is 0.500. The van der Waals surface area contributed by atoms with Crippen molar-refractivity contribution < 1.29 is 13.2 Å². The van der Waals surface area contributed by atoms with E-state index in [9.17, 15) is 8.42 Å². The Hall–Kier alpha value is -2.05. The van der Waals surface area contributed by atoms with Crippen LogP contribution in [0.15, 0.2) is 41.3 Å². The third-order valence-corrected chi connectivity index (χ3v) is 7.76. The van der Waals surface area contributed by atoms with E-state index in [-0.39, 0.29) is 11.4 Å². The normalized spacial score (nSPS) is 19.4. The van der Waals surface area contributed by atoms with E-state index >= 15 is 0 Å². The van der Waals surface area contributed by atoms with Gasteiger partial charge in [0.2, 0.25) is 10.0 Å². The predicted molar refractivity (Wildman–Crippen MR) is 121 cm³/mol. The summed E-state index contributed by atoms with van der Waals surface area (Å²) in [5, 5.41) is 0. The number of nitrogens with zero attached hydrogens (tertiary/aromatic N) is 1. The fourth-order valence-electron chi connectivity index (χ4n) is 4.61. The first-order valence-electron chi connectivity index (χ1n) is 11.0. The van der Waals surface area contributed by atoms with Gasteiger partial charge in [0.15, 0.2) is 0 Å². The first-order valence-corrected chi connectivity index (χ1v) is 12.5. The van der Waals surface area contributed by atoms with Crippen LogP contribution in [0, 0.1) is 5.92 Å². The van der Waals surface area contributed by atoms with Gasteiger partial charge in [-0.1, -0.05) is 19.1 Å². The van der Waals surface area contributed by atoms with Gasteiger partial charge in [-0.05, 0) is 85.4 Å². The van der Waals surface area contributed by atoms with E-state index in [2.05, 4.69) is 28.7 Å². The standard InChI is InChI=1S/C24H32N2O3S/c1-18-6-5-13-26(17-18)22-11-9-19(10-12-22)16-25-30(27,28)24-15-21-8-4-3-7-20(21)14-23(24)29-2/h9-12,14-15,18,25H,3-8,13,16-17H2,1-2H3. The van der Waals surface area contributed by atoms with Gasteiger partial charge in [-0.2, -0.15) is 0 Å². The topological polar surface area (TPSA) is 58.6 Å². The number of piperidine rings is 1. The molecule has 1 atom stereocenters. The first-order chi connectivity index (χ1) is 14.5. The van der Waals surface area contributed by atoms with E-state index in [1.807, 2.05) is 18.2 Å². The van der Waals surface area contributed by atoms with Crippen molar-refractivity contribution in [2.24, 2.45) is 5.92 Å². The number of hydrogen-bond donors (Lipinski definition) is 1. The SMILES string of the molecule is COc1cc2c(cc1S(=O)(=O)NCc1ccc(N3CCCC(C)C3)cc1)CCCC2.